The van der Waals surface area contributed by atoms with Crippen LogP contribution >= 0.6 is 11.8 Å². The van der Waals surface area contributed by atoms with E-state index in [1.165, 1.54) is 0 Å². The molecule has 1 aliphatic heterocycles. The number of thioether (sulfide) groups is 1. The van der Waals surface area contributed by atoms with Crippen molar-refractivity contribution in [2.45, 2.75) is 5.37 Å². The molecule has 1 aromatic carbocycles. The molecule has 0 aliphatic carbocycles. The highest BCUT2D eigenvalue weighted by Crippen LogP contribution is 2.41. The van der Waals surface area contributed by atoms with Crippen molar-refractivity contribution < 1.29 is 14.3 Å². The van der Waals surface area contributed by atoms with Gasteiger partial charge in [0.2, 0.25) is 5.91 Å². The largest absolute Gasteiger partial charge is 0.493 e. The van der Waals surface area contributed by atoms with E-state index in [1.54, 1.807) is 30.9 Å². The van der Waals surface area contributed by atoms with Crippen molar-refractivity contribution in [3.05, 3.63) is 23.8 Å². The van der Waals surface area contributed by atoms with Crippen molar-refractivity contribution >= 4 is 17.7 Å². The maximum absolute atomic E-state index is 11.8. The lowest BCUT2D eigenvalue weighted by atomic mass is 10.2. The fraction of sp³-hybridized carbons (Fsp3) is 0.357. The highest BCUT2D eigenvalue weighted by atomic mass is 32.2. The van der Waals surface area contributed by atoms with Crippen molar-refractivity contribution in [3.8, 4) is 23.8 Å². The first-order valence-electron chi connectivity index (χ1n) is 5.77. The molecule has 0 N–H and O–H groups in total. The number of carbonyl (C=O) groups excluding carboxylic acids is 1. The SMILES string of the molecule is C#CCN1C(=O)CSC1c1ccc(OC)c(OC)c1. The van der Waals surface area contributed by atoms with Gasteiger partial charge < -0.3 is 14.4 Å². The van der Waals surface area contributed by atoms with E-state index < -0.39 is 0 Å². The van der Waals surface area contributed by atoms with E-state index in [0.29, 0.717) is 23.8 Å². The predicted molar refractivity (Wildman–Crippen MR) is 75.3 cm³/mol. The molecular weight excluding hydrogens is 262 g/mol. The standard InChI is InChI=1S/C14H15NO3S/c1-4-7-15-13(16)9-19-14(15)10-5-6-11(17-2)12(8-10)18-3/h1,5-6,8,14H,7,9H2,2-3H3. The molecule has 2 rings (SSSR count). The summed E-state index contributed by atoms with van der Waals surface area (Å²) in [5.41, 5.74) is 0.990. The molecule has 1 saturated heterocycles. The second-order valence-electron chi connectivity index (χ2n) is 4.00. The molecule has 4 nitrogen and oxygen atoms in total. The second kappa shape index (κ2) is 5.89. The van der Waals surface area contributed by atoms with Crippen LogP contribution in [0.3, 0.4) is 0 Å². The number of ether oxygens (including phenoxy) is 2. The van der Waals surface area contributed by atoms with Gasteiger partial charge in [-0.3, -0.25) is 4.79 Å². The van der Waals surface area contributed by atoms with E-state index in [4.69, 9.17) is 15.9 Å². The summed E-state index contributed by atoms with van der Waals surface area (Å²) >= 11 is 1.57. The lowest BCUT2D eigenvalue weighted by molar-refractivity contribution is -0.127. The first-order valence-corrected chi connectivity index (χ1v) is 6.82. The van der Waals surface area contributed by atoms with Crippen LogP contribution in [0.4, 0.5) is 0 Å². The molecule has 0 spiro atoms. The van der Waals surface area contributed by atoms with Gasteiger partial charge in [0, 0.05) is 0 Å². The van der Waals surface area contributed by atoms with E-state index in [0.717, 1.165) is 5.56 Å². The number of methoxy groups -OCH3 is 2. The maximum atomic E-state index is 11.8. The zero-order valence-corrected chi connectivity index (χ0v) is 11.7. The van der Waals surface area contributed by atoms with Gasteiger partial charge in [0.15, 0.2) is 11.5 Å². The highest BCUT2D eigenvalue weighted by molar-refractivity contribution is 8.00. The average Bonchev–Trinajstić information content (AvgIpc) is 2.80. The summed E-state index contributed by atoms with van der Waals surface area (Å²) in [6, 6.07) is 5.66. The van der Waals surface area contributed by atoms with Crippen molar-refractivity contribution in [2.75, 3.05) is 26.5 Å². The van der Waals surface area contributed by atoms with Crippen LogP contribution in [0.25, 0.3) is 0 Å². The number of terminal acetylenes is 1. The quantitative estimate of drug-likeness (QED) is 0.788. The smallest absolute Gasteiger partial charge is 0.234 e. The van der Waals surface area contributed by atoms with Crippen molar-refractivity contribution in [1.29, 1.82) is 0 Å². The lowest BCUT2D eigenvalue weighted by Crippen LogP contribution is -2.28. The Morgan fingerprint density at radius 1 is 1.42 bits per heavy atom. The van der Waals surface area contributed by atoms with E-state index in [9.17, 15) is 4.79 Å². The van der Waals surface area contributed by atoms with Gasteiger partial charge >= 0.3 is 0 Å². The summed E-state index contributed by atoms with van der Waals surface area (Å²) in [6.45, 7) is 0.324. The van der Waals surface area contributed by atoms with Crippen LogP contribution < -0.4 is 9.47 Å². The van der Waals surface area contributed by atoms with Gasteiger partial charge in [-0.25, -0.2) is 0 Å². The molecule has 0 aromatic heterocycles. The van der Waals surface area contributed by atoms with Crippen molar-refractivity contribution in [3.63, 3.8) is 0 Å². The van der Waals surface area contributed by atoms with Crippen molar-refractivity contribution in [2.24, 2.45) is 0 Å². The van der Waals surface area contributed by atoms with Gasteiger partial charge in [0.05, 0.1) is 26.5 Å². The second-order valence-corrected chi connectivity index (χ2v) is 5.07. The minimum Gasteiger partial charge on any atom is -0.493 e. The van der Waals surface area contributed by atoms with Crippen LogP contribution in [0, 0.1) is 12.3 Å². The summed E-state index contributed by atoms with van der Waals surface area (Å²) in [5.74, 6) is 4.38. The Hall–Kier alpha value is -1.80. The third-order valence-electron chi connectivity index (χ3n) is 2.92. The van der Waals surface area contributed by atoms with Gasteiger partial charge in [-0.1, -0.05) is 12.0 Å². The fourth-order valence-electron chi connectivity index (χ4n) is 2.01. The van der Waals surface area contributed by atoms with Crippen LogP contribution in [0.5, 0.6) is 11.5 Å². The van der Waals surface area contributed by atoms with E-state index >= 15 is 0 Å². The molecule has 1 atom stereocenters. The molecule has 19 heavy (non-hydrogen) atoms. The summed E-state index contributed by atoms with van der Waals surface area (Å²) in [4.78, 5) is 13.5. The maximum Gasteiger partial charge on any atom is 0.234 e. The number of amides is 1. The molecule has 1 amide bonds. The minimum atomic E-state index is -0.0524. The van der Waals surface area contributed by atoms with Crippen LogP contribution in [0.15, 0.2) is 18.2 Å². The normalized spacial score (nSPS) is 18.3. The van der Waals surface area contributed by atoms with Gasteiger partial charge in [-0.05, 0) is 17.7 Å². The number of hydrogen-bond donors (Lipinski definition) is 0. The molecule has 0 radical (unpaired) electrons. The van der Waals surface area contributed by atoms with Gasteiger partial charge in [-0.15, -0.1) is 18.2 Å². The van der Waals surface area contributed by atoms with E-state index in [2.05, 4.69) is 5.92 Å². The molecular formula is C14H15NO3S. The zero-order chi connectivity index (χ0) is 13.8. The van der Waals surface area contributed by atoms with Gasteiger partial charge in [0.1, 0.15) is 5.37 Å². The molecule has 5 heteroatoms. The number of carbonyl (C=O) groups is 1. The predicted octanol–water partition coefficient (Wildman–Crippen LogP) is 1.91. The topological polar surface area (TPSA) is 38.8 Å². The Balaban J connectivity index is 2.31. The number of rotatable bonds is 4. The zero-order valence-electron chi connectivity index (χ0n) is 10.9. The monoisotopic (exact) mass is 277 g/mol. The molecule has 1 heterocycles. The minimum absolute atomic E-state index is 0.0524. The molecule has 1 aliphatic rings. The number of hydrogen-bond acceptors (Lipinski definition) is 4. The lowest BCUT2D eigenvalue weighted by Gasteiger charge is -2.22. The summed E-state index contributed by atoms with van der Waals surface area (Å²) in [5, 5.41) is -0.0524. The molecule has 100 valence electrons. The van der Waals surface area contributed by atoms with E-state index in [1.807, 2.05) is 18.2 Å². The number of benzene rings is 1. The first kappa shape index (κ1) is 13.6. The Labute approximate surface area is 117 Å². The Kier molecular flexibility index (Phi) is 4.23. The summed E-state index contributed by atoms with van der Waals surface area (Å²) in [6.07, 6.45) is 5.31. The van der Waals surface area contributed by atoms with Crippen LogP contribution in [-0.4, -0.2) is 37.3 Å². The third kappa shape index (κ3) is 2.64. The van der Waals surface area contributed by atoms with Crippen LogP contribution in [-0.2, 0) is 4.79 Å². The Morgan fingerprint density at radius 2 is 2.16 bits per heavy atom. The van der Waals surface area contributed by atoms with E-state index in [-0.39, 0.29) is 11.3 Å². The van der Waals surface area contributed by atoms with Gasteiger partial charge in [0.25, 0.3) is 0 Å². The Morgan fingerprint density at radius 3 is 2.79 bits per heavy atom. The summed E-state index contributed by atoms with van der Waals surface area (Å²) in [7, 11) is 3.18. The molecule has 1 aromatic rings. The molecule has 1 fully saturated rings. The number of nitrogens with zero attached hydrogens (tertiary/aromatic N) is 1. The highest BCUT2D eigenvalue weighted by Gasteiger charge is 2.32. The van der Waals surface area contributed by atoms with Crippen LogP contribution in [0.1, 0.15) is 10.9 Å². The Bertz CT molecular complexity index is 524. The molecule has 0 bridgehead atoms. The van der Waals surface area contributed by atoms with Crippen LogP contribution in [0.2, 0.25) is 0 Å². The molecule has 0 saturated carbocycles. The third-order valence-corrected chi connectivity index (χ3v) is 4.18. The first-order chi connectivity index (χ1) is 9.21. The average molecular weight is 277 g/mol. The van der Waals surface area contributed by atoms with Gasteiger partial charge in [-0.2, -0.15) is 0 Å². The fourth-order valence-corrected chi connectivity index (χ4v) is 3.18. The van der Waals surface area contributed by atoms with Crippen molar-refractivity contribution in [1.82, 2.24) is 4.90 Å². The summed E-state index contributed by atoms with van der Waals surface area (Å²) < 4.78 is 10.5. The molecule has 1 unspecified atom stereocenters.